The molecular weight excluding hydrogens is 225 g/mol. The van der Waals surface area contributed by atoms with Crippen molar-refractivity contribution < 1.29 is 19.0 Å². The van der Waals surface area contributed by atoms with Gasteiger partial charge in [-0.15, -0.1) is 0 Å². The van der Waals surface area contributed by atoms with Crippen LogP contribution in [0, 0.1) is 5.82 Å². The van der Waals surface area contributed by atoms with Gasteiger partial charge in [0.25, 0.3) is 0 Å². The van der Waals surface area contributed by atoms with Crippen LogP contribution < -0.4 is 15.2 Å². The first kappa shape index (κ1) is 12.0. The number of methoxy groups -OCH3 is 2. The van der Waals surface area contributed by atoms with Crippen LogP contribution >= 0.6 is 0 Å². The molecule has 1 saturated carbocycles. The van der Waals surface area contributed by atoms with Gasteiger partial charge < -0.3 is 20.3 Å². The molecule has 0 bridgehead atoms. The van der Waals surface area contributed by atoms with Crippen LogP contribution in [0.15, 0.2) is 6.07 Å². The molecule has 0 aliphatic heterocycles. The van der Waals surface area contributed by atoms with E-state index in [0.29, 0.717) is 17.9 Å². The summed E-state index contributed by atoms with van der Waals surface area (Å²) in [5, 5.41) is 9.50. The standard InChI is InChI=1S/C12H16FNO3/c1-16-9-5-8(15)10(13)7(11(9)17-2)6-12(14)3-4-12/h5,15H,3-4,6,14H2,1-2H3. The fourth-order valence-corrected chi connectivity index (χ4v) is 1.88. The summed E-state index contributed by atoms with van der Waals surface area (Å²) in [5.41, 5.74) is 5.88. The molecule has 0 spiro atoms. The highest BCUT2D eigenvalue weighted by molar-refractivity contribution is 5.53. The van der Waals surface area contributed by atoms with E-state index in [2.05, 4.69) is 0 Å². The van der Waals surface area contributed by atoms with Crippen LogP contribution in [0.2, 0.25) is 0 Å². The SMILES string of the molecule is COc1cc(O)c(F)c(CC2(N)CC2)c1OC. The zero-order valence-electron chi connectivity index (χ0n) is 9.92. The molecule has 5 heteroatoms. The Kier molecular flexibility index (Phi) is 2.87. The third kappa shape index (κ3) is 2.15. The van der Waals surface area contributed by atoms with E-state index in [4.69, 9.17) is 15.2 Å². The molecule has 4 nitrogen and oxygen atoms in total. The second-order valence-corrected chi connectivity index (χ2v) is 4.46. The first-order valence-corrected chi connectivity index (χ1v) is 5.42. The Morgan fingerprint density at radius 2 is 2.06 bits per heavy atom. The minimum Gasteiger partial charge on any atom is -0.505 e. The van der Waals surface area contributed by atoms with Gasteiger partial charge in [-0.2, -0.15) is 0 Å². The van der Waals surface area contributed by atoms with E-state index < -0.39 is 11.6 Å². The summed E-state index contributed by atoms with van der Waals surface area (Å²) in [4.78, 5) is 0. The number of phenols is 1. The second-order valence-electron chi connectivity index (χ2n) is 4.46. The molecular formula is C12H16FNO3. The van der Waals surface area contributed by atoms with Gasteiger partial charge in [0.1, 0.15) is 0 Å². The van der Waals surface area contributed by atoms with Crippen LogP contribution in [-0.4, -0.2) is 24.9 Å². The number of hydrogen-bond acceptors (Lipinski definition) is 4. The highest BCUT2D eigenvalue weighted by Crippen LogP contribution is 2.43. The predicted octanol–water partition coefficient (Wildman–Crippen LogP) is 1.58. The lowest BCUT2D eigenvalue weighted by molar-refractivity contribution is 0.338. The average molecular weight is 241 g/mol. The quantitative estimate of drug-likeness (QED) is 0.840. The second kappa shape index (κ2) is 4.07. The number of halogens is 1. The van der Waals surface area contributed by atoms with Crippen molar-refractivity contribution in [3.63, 3.8) is 0 Å². The van der Waals surface area contributed by atoms with Crippen LogP contribution in [0.5, 0.6) is 17.2 Å². The Labute approximate surface area is 99.1 Å². The number of benzene rings is 1. The minimum atomic E-state index is -0.681. The molecule has 1 aliphatic carbocycles. The smallest absolute Gasteiger partial charge is 0.172 e. The van der Waals surface area contributed by atoms with Gasteiger partial charge in [0.05, 0.1) is 14.2 Å². The molecule has 1 aromatic rings. The number of ether oxygens (including phenoxy) is 2. The Hall–Kier alpha value is -1.49. The summed E-state index contributed by atoms with van der Waals surface area (Å²) in [6.45, 7) is 0. The van der Waals surface area contributed by atoms with E-state index in [9.17, 15) is 9.50 Å². The summed E-state index contributed by atoms with van der Waals surface area (Å²) in [5.74, 6) is -0.508. The lowest BCUT2D eigenvalue weighted by Crippen LogP contribution is -2.25. The fraction of sp³-hybridized carbons (Fsp3) is 0.500. The van der Waals surface area contributed by atoms with E-state index in [1.54, 1.807) is 0 Å². The van der Waals surface area contributed by atoms with Crippen molar-refractivity contribution in [3.8, 4) is 17.2 Å². The molecule has 1 aliphatic rings. The maximum absolute atomic E-state index is 13.9. The summed E-state index contributed by atoms with van der Waals surface area (Å²) >= 11 is 0. The van der Waals surface area contributed by atoms with E-state index in [0.717, 1.165) is 12.8 Å². The molecule has 0 heterocycles. The van der Waals surface area contributed by atoms with Crippen LogP contribution in [0.3, 0.4) is 0 Å². The van der Waals surface area contributed by atoms with Gasteiger partial charge >= 0.3 is 0 Å². The van der Waals surface area contributed by atoms with Gasteiger partial charge in [-0.3, -0.25) is 0 Å². The minimum absolute atomic E-state index is 0.282. The molecule has 0 unspecified atom stereocenters. The number of rotatable bonds is 4. The summed E-state index contributed by atoms with van der Waals surface area (Å²) in [7, 11) is 2.88. The van der Waals surface area contributed by atoms with Crippen molar-refractivity contribution in [1.29, 1.82) is 0 Å². The first-order valence-electron chi connectivity index (χ1n) is 5.42. The van der Waals surface area contributed by atoms with Crippen LogP contribution in [0.1, 0.15) is 18.4 Å². The van der Waals surface area contributed by atoms with Gasteiger partial charge in [0.15, 0.2) is 23.1 Å². The Bertz CT molecular complexity index is 444. The maximum Gasteiger partial charge on any atom is 0.172 e. The number of hydrogen-bond donors (Lipinski definition) is 2. The number of phenolic OH excluding ortho intramolecular Hbond substituents is 1. The van der Waals surface area contributed by atoms with Crippen molar-refractivity contribution in [1.82, 2.24) is 0 Å². The Morgan fingerprint density at radius 1 is 1.41 bits per heavy atom. The highest BCUT2D eigenvalue weighted by Gasteiger charge is 2.40. The Balaban J connectivity index is 2.48. The number of nitrogens with two attached hydrogens (primary N) is 1. The lowest BCUT2D eigenvalue weighted by Gasteiger charge is -2.17. The normalized spacial score (nSPS) is 16.7. The molecule has 2 rings (SSSR count). The maximum atomic E-state index is 13.9. The van der Waals surface area contributed by atoms with E-state index >= 15 is 0 Å². The number of aromatic hydroxyl groups is 1. The molecule has 94 valence electrons. The summed E-state index contributed by atoms with van der Waals surface area (Å²) in [6, 6.07) is 1.20. The monoisotopic (exact) mass is 241 g/mol. The van der Waals surface area contributed by atoms with Crippen LogP contribution in [0.4, 0.5) is 4.39 Å². The molecule has 0 radical (unpaired) electrons. The van der Waals surface area contributed by atoms with Gasteiger partial charge in [-0.05, 0) is 19.3 Å². The van der Waals surface area contributed by atoms with Gasteiger partial charge in [-0.25, -0.2) is 4.39 Å². The van der Waals surface area contributed by atoms with Gasteiger partial charge in [0.2, 0.25) is 0 Å². The molecule has 3 N–H and O–H groups in total. The molecule has 0 atom stereocenters. The van der Waals surface area contributed by atoms with Crippen molar-refractivity contribution in [3.05, 3.63) is 17.4 Å². The van der Waals surface area contributed by atoms with Crippen molar-refractivity contribution >= 4 is 0 Å². The third-order valence-electron chi connectivity index (χ3n) is 3.10. The molecule has 1 fully saturated rings. The van der Waals surface area contributed by atoms with Crippen LogP contribution in [0.25, 0.3) is 0 Å². The van der Waals surface area contributed by atoms with Gasteiger partial charge in [0, 0.05) is 17.2 Å². The highest BCUT2D eigenvalue weighted by atomic mass is 19.1. The van der Waals surface area contributed by atoms with Crippen LogP contribution in [-0.2, 0) is 6.42 Å². The van der Waals surface area contributed by atoms with E-state index in [-0.39, 0.29) is 11.1 Å². The molecule has 0 aromatic heterocycles. The largest absolute Gasteiger partial charge is 0.505 e. The molecule has 0 amide bonds. The van der Waals surface area contributed by atoms with E-state index in [1.807, 2.05) is 0 Å². The van der Waals surface area contributed by atoms with E-state index in [1.165, 1.54) is 20.3 Å². The first-order chi connectivity index (χ1) is 8.00. The Morgan fingerprint density at radius 3 is 2.53 bits per heavy atom. The third-order valence-corrected chi connectivity index (χ3v) is 3.10. The van der Waals surface area contributed by atoms with Crippen molar-refractivity contribution in [2.45, 2.75) is 24.8 Å². The summed E-state index contributed by atoms with van der Waals surface area (Å²) < 4.78 is 24.1. The zero-order chi connectivity index (χ0) is 12.6. The van der Waals surface area contributed by atoms with Crippen molar-refractivity contribution in [2.75, 3.05) is 14.2 Å². The molecule has 0 saturated heterocycles. The zero-order valence-corrected chi connectivity index (χ0v) is 9.92. The molecule has 17 heavy (non-hydrogen) atoms. The average Bonchev–Trinajstić information content (AvgIpc) is 3.02. The van der Waals surface area contributed by atoms with Gasteiger partial charge in [-0.1, -0.05) is 0 Å². The van der Waals surface area contributed by atoms with Crippen molar-refractivity contribution in [2.24, 2.45) is 5.73 Å². The lowest BCUT2D eigenvalue weighted by atomic mass is 10.0. The summed E-state index contributed by atoms with van der Waals surface area (Å²) in [6.07, 6.45) is 2.05. The predicted molar refractivity (Wildman–Crippen MR) is 61.0 cm³/mol. The molecule has 1 aromatic carbocycles. The topological polar surface area (TPSA) is 64.7 Å². The fourth-order valence-electron chi connectivity index (χ4n) is 1.88.